The Morgan fingerprint density at radius 1 is 1.15 bits per heavy atom. The van der Waals surface area contributed by atoms with E-state index in [1.54, 1.807) is 6.92 Å². The molecule has 3 fully saturated rings. The predicted molar refractivity (Wildman–Crippen MR) is 91.7 cm³/mol. The zero-order valence-corrected chi connectivity index (χ0v) is 15.4. The molecule has 0 aromatic carbocycles. The molecule has 3 saturated carbocycles. The molecule has 4 rings (SSSR count). The lowest BCUT2D eigenvalue weighted by molar-refractivity contribution is -0.194. The van der Waals surface area contributed by atoms with Crippen molar-refractivity contribution in [1.82, 2.24) is 0 Å². The van der Waals surface area contributed by atoms with E-state index in [1.807, 2.05) is 6.92 Å². The van der Waals surface area contributed by atoms with Gasteiger partial charge in [-0.25, -0.2) is 9.18 Å². The molecule has 0 aliphatic heterocycles. The zero-order chi connectivity index (χ0) is 19.1. The molecule has 0 aromatic rings. The lowest BCUT2D eigenvalue weighted by Crippen LogP contribution is -2.61. The number of fused-ring (bicyclic) bond motifs is 5. The van der Waals surface area contributed by atoms with Crippen LogP contribution in [0.1, 0.15) is 58.8 Å². The van der Waals surface area contributed by atoms with Crippen LogP contribution in [0.3, 0.4) is 0 Å². The number of hydrogen-bond donors (Lipinski definition) is 4. The number of rotatable bonds is 1. The SMILES string of the molecule is C[C@]12CCC(O)CC1=C(F)C[C@@H]1[C@@H]2[C@@H](O)C[C@@]2(C)[C@H]1CC[C@]2(O)C(=O)O. The maximum absolute atomic E-state index is 15.1. The van der Waals surface area contributed by atoms with E-state index >= 15 is 4.39 Å². The number of carbonyl (C=O) groups is 1. The summed E-state index contributed by atoms with van der Waals surface area (Å²) in [4.78, 5) is 11.8. The van der Waals surface area contributed by atoms with Crippen LogP contribution in [0, 0.1) is 28.6 Å². The van der Waals surface area contributed by atoms with E-state index in [9.17, 15) is 25.2 Å². The first-order chi connectivity index (χ1) is 12.0. The molecule has 6 heteroatoms. The lowest BCUT2D eigenvalue weighted by Gasteiger charge is -2.60. The molecule has 0 spiro atoms. The van der Waals surface area contributed by atoms with Gasteiger partial charge in [-0.2, -0.15) is 0 Å². The second-order valence-corrected chi connectivity index (χ2v) is 9.59. The Bertz CT molecular complexity index is 677. The number of aliphatic hydroxyl groups is 3. The highest BCUT2D eigenvalue weighted by atomic mass is 19.1. The van der Waals surface area contributed by atoms with Gasteiger partial charge in [-0.05, 0) is 67.3 Å². The fourth-order valence-electron chi connectivity index (χ4n) is 7.20. The first kappa shape index (κ1) is 18.4. The first-order valence-corrected chi connectivity index (χ1v) is 9.74. The van der Waals surface area contributed by atoms with Gasteiger partial charge >= 0.3 is 5.97 Å². The third-order valence-corrected chi connectivity index (χ3v) is 8.56. The third-order valence-electron chi connectivity index (χ3n) is 8.56. The van der Waals surface area contributed by atoms with E-state index in [2.05, 4.69) is 0 Å². The fourth-order valence-corrected chi connectivity index (χ4v) is 7.20. The van der Waals surface area contributed by atoms with Gasteiger partial charge < -0.3 is 20.4 Å². The molecular formula is C20H29FO5. The Hall–Kier alpha value is -0.980. The van der Waals surface area contributed by atoms with Gasteiger partial charge in [-0.15, -0.1) is 0 Å². The number of carboxylic acid groups (broad SMARTS) is 1. The third kappa shape index (κ3) is 2.09. The van der Waals surface area contributed by atoms with E-state index < -0.39 is 34.6 Å². The zero-order valence-electron chi connectivity index (χ0n) is 15.4. The Labute approximate surface area is 152 Å². The number of hydrogen-bond acceptors (Lipinski definition) is 4. The van der Waals surface area contributed by atoms with Crippen LogP contribution in [-0.4, -0.2) is 44.2 Å². The second kappa shape index (κ2) is 5.52. The van der Waals surface area contributed by atoms with E-state index in [0.717, 1.165) is 0 Å². The summed E-state index contributed by atoms with van der Waals surface area (Å²) < 4.78 is 15.1. The largest absolute Gasteiger partial charge is 0.479 e. The normalized spacial score (nSPS) is 53.7. The summed E-state index contributed by atoms with van der Waals surface area (Å²) in [5.74, 6) is -1.91. The van der Waals surface area contributed by atoms with Gasteiger partial charge in [0.25, 0.3) is 0 Å². The Kier molecular flexibility index (Phi) is 3.90. The molecule has 0 bridgehead atoms. The average molecular weight is 368 g/mol. The van der Waals surface area contributed by atoms with Crippen molar-refractivity contribution in [2.75, 3.05) is 0 Å². The standard InChI is InChI=1S/C20H29FO5/c1-18-5-3-10(22)7-13(18)14(21)8-11-12-4-6-20(26,17(24)25)19(12,2)9-15(23)16(11)18/h10-12,15-16,22-23,26H,3-9H2,1-2H3,(H,24,25)/t10?,11-,12-,15-,16+,18-,19-,20-/m0/s1. The molecule has 0 heterocycles. The summed E-state index contributed by atoms with van der Waals surface area (Å²) >= 11 is 0. The van der Waals surface area contributed by atoms with Gasteiger partial charge in [0.05, 0.1) is 12.2 Å². The molecule has 4 aliphatic carbocycles. The van der Waals surface area contributed by atoms with Crippen LogP contribution < -0.4 is 0 Å². The summed E-state index contributed by atoms with van der Waals surface area (Å²) in [6.45, 7) is 3.75. The summed E-state index contributed by atoms with van der Waals surface area (Å²) in [7, 11) is 0. The molecule has 0 radical (unpaired) electrons. The van der Waals surface area contributed by atoms with E-state index in [1.165, 1.54) is 0 Å². The van der Waals surface area contributed by atoms with E-state index in [0.29, 0.717) is 31.3 Å². The highest BCUT2D eigenvalue weighted by molar-refractivity contribution is 5.79. The van der Waals surface area contributed by atoms with Crippen LogP contribution in [-0.2, 0) is 4.79 Å². The summed E-state index contributed by atoms with van der Waals surface area (Å²) in [5.41, 5.74) is -2.68. The number of aliphatic hydroxyl groups excluding tert-OH is 2. The maximum atomic E-state index is 15.1. The van der Waals surface area contributed by atoms with Crippen LogP contribution in [0.4, 0.5) is 4.39 Å². The summed E-state index contributed by atoms with van der Waals surface area (Å²) in [6.07, 6.45) is 1.29. The number of allylic oxidation sites excluding steroid dienone is 1. The molecular weight excluding hydrogens is 339 g/mol. The van der Waals surface area contributed by atoms with Crippen LogP contribution in [0.5, 0.6) is 0 Å². The second-order valence-electron chi connectivity index (χ2n) is 9.59. The topological polar surface area (TPSA) is 98.0 Å². The van der Waals surface area contributed by atoms with Gasteiger partial charge in [0.2, 0.25) is 0 Å². The molecule has 26 heavy (non-hydrogen) atoms. The quantitative estimate of drug-likeness (QED) is 0.570. The van der Waals surface area contributed by atoms with Gasteiger partial charge in [-0.1, -0.05) is 13.8 Å². The number of halogens is 1. The maximum Gasteiger partial charge on any atom is 0.336 e. The van der Waals surface area contributed by atoms with Crippen molar-refractivity contribution in [2.45, 2.75) is 76.6 Å². The summed E-state index contributed by atoms with van der Waals surface area (Å²) in [6, 6.07) is 0. The van der Waals surface area contributed by atoms with E-state index in [-0.39, 0.29) is 42.8 Å². The minimum atomic E-state index is -1.87. The lowest BCUT2D eigenvalue weighted by atomic mass is 9.46. The van der Waals surface area contributed by atoms with Crippen molar-refractivity contribution in [2.24, 2.45) is 28.6 Å². The van der Waals surface area contributed by atoms with Crippen LogP contribution in [0.15, 0.2) is 11.4 Å². The molecule has 5 nitrogen and oxygen atoms in total. The van der Waals surface area contributed by atoms with Crippen LogP contribution in [0.25, 0.3) is 0 Å². The van der Waals surface area contributed by atoms with Crippen molar-refractivity contribution in [3.05, 3.63) is 11.4 Å². The number of carboxylic acids is 1. The highest BCUT2D eigenvalue weighted by Gasteiger charge is 2.69. The molecule has 0 saturated heterocycles. The molecule has 146 valence electrons. The molecule has 4 N–H and O–H groups in total. The highest BCUT2D eigenvalue weighted by Crippen LogP contribution is 2.68. The molecule has 0 aromatic heterocycles. The first-order valence-electron chi connectivity index (χ1n) is 9.74. The van der Waals surface area contributed by atoms with Gasteiger partial charge in [0.15, 0.2) is 5.60 Å². The molecule has 4 aliphatic rings. The molecule has 1 unspecified atom stereocenters. The monoisotopic (exact) mass is 368 g/mol. The average Bonchev–Trinajstić information content (AvgIpc) is 2.81. The van der Waals surface area contributed by atoms with Crippen molar-refractivity contribution < 1.29 is 29.6 Å². The predicted octanol–water partition coefficient (Wildman–Crippen LogP) is 2.39. The summed E-state index contributed by atoms with van der Waals surface area (Å²) in [5, 5.41) is 41.6. The van der Waals surface area contributed by atoms with Crippen LogP contribution >= 0.6 is 0 Å². The van der Waals surface area contributed by atoms with Crippen molar-refractivity contribution in [3.8, 4) is 0 Å². The van der Waals surface area contributed by atoms with E-state index in [4.69, 9.17) is 0 Å². The Balaban J connectivity index is 1.78. The number of aliphatic carboxylic acids is 1. The molecule has 8 atom stereocenters. The Morgan fingerprint density at radius 3 is 2.50 bits per heavy atom. The fraction of sp³-hybridized carbons (Fsp3) is 0.850. The minimum absolute atomic E-state index is 0.132. The Morgan fingerprint density at radius 2 is 1.85 bits per heavy atom. The van der Waals surface area contributed by atoms with Crippen molar-refractivity contribution in [1.29, 1.82) is 0 Å². The smallest absolute Gasteiger partial charge is 0.336 e. The molecule has 0 amide bonds. The van der Waals surface area contributed by atoms with Crippen molar-refractivity contribution in [3.63, 3.8) is 0 Å². The van der Waals surface area contributed by atoms with Crippen molar-refractivity contribution >= 4 is 5.97 Å². The van der Waals surface area contributed by atoms with Gasteiger partial charge in [-0.3, -0.25) is 0 Å². The van der Waals surface area contributed by atoms with Gasteiger partial charge in [0.1, 0.15) is 5.83 Å². The van der Waals surface area contributed by atoms with Crippen LogP contribution in [0.2, 0.25) is 0 Å². The van der Waals surface area contributed by atoms with Gasteiger partial charge in [0, 0.05) is 11.8 Å². The minimum Gasteiger partial charge on any atom is -0.479 e.